The van der Waals surface area contributed by atoms with E-state index < -0.39 is 59.7 Å². The summed E-state index contributed by atoms with van der Waals surface area (Å²) in [5, 5.41) is 25.4. The Kier molecular flexibility index (Phi) is 15.7. The van der Waals surface area contributed by atoms with Crippen molar-refractivity contribution in [2.75, 3.05) is 6.54 Å². The number of carboxylic acids is 2. The average Bonchev–Trinajstić information content (AvgIpc) is 2.80. The molecule has 0 heterocycles. The number of nitrogens with two attached hydrogens (primary N) is 4. The first kappa shape index (κ1) is 34.0. The Bertz CT molecular complexity index is 875. The summed E-state index contributed by atoms with van der Waals surface area (Å²) in [6.45, 7) is 3.66. The molecule has 0 bridgehead atoms. The molecular formula is C22H40N8O8. The van der Waals surface area contributed by atoms with E-state index in [1.54, 1.807) is 13.8 Å². The van der Waals surface area contributed by atoms with Crippen LogP contribution in [0.4, 0.5) is 0 Å². The molecule has 0 saturated heterocycles. The Labute approximate surface area is 220 Å². The summed E-state index contributed by atoms with van der Waals surface area (Å²) in [5.74, 6) is -5.89. The fourth-order valence-electron chi connectivity index (χ4n) is 3.25. The first-order valence-corrected chi connectivity index (χ1v) is 12.1. The first-order valence-electron chi connectivity index (χ1n) is 12.1. The number of carboxylic acid groups (broad SMARTS) is 2. The molecule has 4 unspecified atom stereocenters. The summed E-state index contributed by atoms with van der Waals surface area (Å²) in [6.07, 6.45) is -0.708. The van der Waals surface area contributed by atoms with Crippen molar-refractivity contribution in [3.8, 4) is 0 Å². The van der Waals surface area contributed by atoms with Gasteiger partial charge in [0.05, 0.1) is 6.04 Å². The molecular weight excluding hydrogens is 504 g/mol. The van der Waals surface area contributed by atoms with Gasteiger partial charge in [-0.1, -0.05) is 13.8 Å². The van der Waals surface area contributed by atoms with Crippen molar-refractivity contribution < 1.29 is 39.0 Å². The molecule has 4 amide bonds. The molecule has 216 valence electrons. The van der Waals surface area contributed by atoms with Gasteiger partial charge in [0, 0.05) is 19.4 Å². The number of nitrogens with zero attached hydrogens (tertiary/aromatic N) is 1. The molecule has 0 aromatic heterocycles. The van der Waals surface area contributed by atoms with Crippen LogP contribution in [0.15, 0.2) is 4.99 Å². The summed E-state index contributed by atoms with van der Waals surface area (Å²) < 4.78 is 0. The number of hydrogen-bond acceptors (Lipinski definition) is 8. The van der Waals surface area contributed by atoms with Crippen LogP contribution < -0.4 is 38.9 Å². The van der Waals surface area contributed by atoms with Gasteiger partial charge in [0.1, 0.15) is 18.1 Å². The largest absolute Gasteiger partial charge is 0.481 e. The van der Waals surface area contributed by atoms with E-state index in [0.29, 0.717) is 0 Å². The summed E-state index contributed by atoms with van der Waals surface area (Å²) in [6, 6.07) is -5.04. The van der Waals surface area contributed by atoms with Gasteiger partial charge < -0.3 is 49.1 Å². The van der Waals surface area contributed by atoms with E-state index >= 15 is 0 Å². The Morgan fingerprint density at radius 2 is 1.29 bits per heavy atom. The zero-order valence-corrected chi connectivity index (χ0v) is 21.6. The SMILES string of the molecule is CC(C)CC(NC(=O)C(CCC(N)=O)NC(=O)C(CCCN=C(N)N)NC(=O)C(N)CCC(=O)O)C(=O)O. The second-order valence-electron chi connectivity index (χ2n) is 9.14. The molecule has 0 radical (unpaired) electrons. The molecule has 0 aromatic carbocycles. The van der Waals surface area contributed by atoms with Gasteiger partial charge in [0.25, 0.3) is 0 Å². The molecule has 0 aliphatic rings. The van der Waals surface area contributed by atoms with E-state index in [0.717, 1.165) is 0 Å². The molecule has 0 saturated carbocycles. The first-order chi connectivity index (χ1) is 17.6. The lowest BCUT2D eigenvalue weighted by molar-refractivity contribution is -0.143. The summed E-state index contributed by atoms with van der Waals surface area (Å²) in [4.78, 5) is 75.9. The van der Waals surface area contributed by atoms with Crippen LogP contribution in [0, 0.1) is 5.92 Å². The van der Waals surface area contributed by atoms with Gasteiger partial charge >= 0.3 is 11.9 Å². The van der Waals surface area contributed by atoms with Crippen LogP contribution >= 0.6 is 0 Å². The number of nitrogens with one attached hydrogen (secondary N) is 3. The molecule has 13 N–H and O–H groups in total. The van der Waals surface area contributed by atoms with Crippen molar-refractivity contribution in [1.82, 2.24) is 16.0 Å². The lowest BCUT2D eigenvalue weighted by Crippen LogP contribution is -2.57. The van der Waals surface area contributed by atoms with E-state index in [4.69, 9.17) is 28.0 Å². The molecule has 38 heavy (non-hydrogen) atoms. The minimum absolute atomic E-state index is 0.00919. The van der Waals surface area contributed by atoms with Gasteiger partial charge in [-0.25, -0.2) is 4.79 Å². The third kappa shape index (κ3) is 15.2. The van der Waals surface area contributed by atoms with Crippen LogP contribution in [0.1, 0.15) is 58.8 Å². The number of carbonyl (C=O) groups is 6. The zero-order chi connectivity index (χ0) is 29.4. The minimum Gasteiger partial charge on any atom is -0.481 e. The van der Waals surface area contributed by atoms with E-state index in [2.05, 4.69) is 20.9 Å². The monoisotopic (exact) mass is 544 g/mol. The molecule has 0 fully saturated rings. The van der Waals surface area contributed by atoms with Crippen molar-refractivity contribution in [3.05, 3.63) is 0 Å². The Balaban J connectivity index is 5.69. The molecule has 16 nitrogen and oxygen atoms in total. The highest BCUT2D eigenvalue weighted by Gasteiger charge is 2.30. The van der Waals surface area contributed by atoms with E-state index in [9.17, 15) is 33.9 Å². The molecule has 0 aliphatic carbocycles. The molecule has 0 rings (SSSR count). The van der Waals surface area contributed by atoms with Crippen LogP contribution in [0.5, 0.6) is 0 Å². The Hall–Kier alpha value is -3.95. The van der Waals surface area contributed by atoms with Crippen LogP contribution in [0.2, 0.25) is 0 Å². The van der Waals surface area contributed by atoms with E-state index in [-0.39, 0.29) is 63.4 Å². The van der Waals surface area contributed by atoms with Gasteiger partial charge in [-0.3, -0.25) is 29.0 Å². The average molecular weight is 545 g/mol. The Morgan fingerprint density at radius 1 is 0.763 bits per heavy atom. The summed E-state index contributed by atoms with van der Waals surface area (Å²) in [5.41, 5.74) is 21.5. The zero-order valence-electron chi connectivity index (χ0n) is 21.6. The minimum atomic E-state index is -1.35. The molecule has 4 atom stereocenters. The van der Waals surface area contributed by atoms with Gasteiger partial charge in [0.15, 0.2) is 5.96 Å². The topological polar surface area (TPSA) is 295 Å². The quantitative estimate of drug-likeness (QED) is 0.0450. The number of rotatable bonds is 19. The van der Waals surface area contributed by atoms with Crippen molar-refractivity contribution in [2.24, 2.45) is 33.8 Å². The van der Waals surface area contributed by atoms with Crippen LogP contribution in [0.3, 0.4) is 0 Å². The smallest absolute Gasteiger partial charge is 0.326 e. The van der Waals surface area contributed by atoms with Crippen LogP contribution in [0.25, 0.3) is 0 Å². The lowest BCUT2D eigenvalue weighted by atomic mass is 10.0. The van der Waals surface area contributed by atoms with Crippen molar-refractivity contribution >= 4 is 41.5 Å². The normalized spacial score (nSPS) is 13.9. The number of primary amides is 1. The second-order valence-corrected chi connectivity index (χ2v) is 9.14. The fraction of sp³-hybridized carbons (Fsp3) is 0.682. The van der Waals surface area contributed by atoms with Crippen molar-refractivity contribution in [3.63, 3.8) is 0 Å². The number of aliphatic carboxylic acids is 2. The maximum Gasteiger partial charge on any atom is 0.326 e. The van der Waals surface area contributed by atoms with Gasteiger partial charge in [-0.2, -0.15) is 0 Å². The predicted molar refractivity (Wildman–Crippen MR) is 136 cm³/mol. The van der Waals surface area contributed by atoms with Gasteiger partial charge in [-0.05, 0) is 38.0 Å². The van der Waals surface area contributed by atoms with Gasteiger partial charge in [0.2, 0.25) is 23.6 Å². The van der Waals surface area contributed by atoms with Gasteiger partial charge in [-0.15, -0.1) is 0 Å². The predicted octanol–water partition coefficient (Wildman–Crippen LogP) is -2.92. The van der Waals surface area contributed by atoms with E-state index in [1.807, 2.05) is 0 Å². The lowest BCUT2D eigenvalue weighted by Gasteiger charge is -2.25. The maximum absolute atomic E-state index is 13.1. The van der Waals surface area contributed by atoms with Crippen molar-refractivity contribution in [2.45, 2.75) is 83.0 Å². The highest BCUT2D eigenvalue weighted by Crippen LogP contribution is 2.08. The van der Waals surface area contributed by atoms with Crippen LogP contribution in [-0.4, -0.2) is 82.5 Å². The number of amides is 4. The molecule has 0 aliphatic heterocycles. The van der Waals surface area contributed by atoms with Crippen molar-refractivity contribution in [1.29, 1.82) is 0 Å². The Morgan fingerprint density at radius 3 is 1.76 bits per heavy atom. The number of aliphatic imine (C=N–C) groups is 1. The number of carbonyl (C=O) groups excluding carboxylic acids is 4. The summed E-state index contributed by atoms with van der Waals surface area (Å²) >= 11 is 0. The van der Waals surface area contributed by atoms with Crippen LogP contribution in [-0.2, 0) is 28.8 Å². The number of guanidine groups is 1. The standard InChI is InChI=1S/C22H40N8O8/c1-11(2)10-15(21(37)38)30-20(36)14(6-7-16(24)31)29-19(35)13(4-3-9-27-22(25)26)28-18(34)12(23)5-8-17(32)33/h11-15H,3-10,23H2,1-2H3,(H2,24,31)(H,28,34)(H,29,35)(H,30,36)(H,32,33)(H,37,38)(H4,25,26,27). The molecule has 0 spiro atoms. The molecule has 0 aromatic rings. The molecule has 16 heteroatoms. The number of hydrogen-bond donors (Lipinski definition) is 9. The highest BCUT2D eigenvalue weighted by molar-refractivity contribution is 5.94. The fourth-order valence-corrected chi connectivity index (χ4v) is 3.25. The highest BCUT2D eigenvalue weighted by atomic mass is 16.4. The van der Waals surface area contributed by atoms with E-state index in [1.165, 1.54) is 0 Å². The second kappa shape index (κ2) is 17.5. The third-order valence-corrected chi connectivity index (χ3v) is 5.22. The summed E-state index contributed by atoms with van der Waals surface area (Å²) in [7, 11) is 0. The third-order valence-electron chi connectivity index (χ3n) is 5.22. The maximum atomic E-state index is 13.1.